The molecule has 0 atom stereocenters. The monoisotopic (exact) mass is 330 g/mol. The molecule has 0 aliphatic carbocycles. The van der Waals surface area contributed by atoms with Crippen LogP contribution >= 0.6 is 11.6 Å². The maximum absolute atomic E-state index is 12.5. The predicted molar refractivity (Wildman–Crippen MR) is 89.3 cm³/mol. The molecule has 1 aliphatic heterocycles. The Morgan fingerprint density at radius 3 is 2.91 bits per heavy atom. The zero-order chi connectivity index (χ0) is 16.4. The summed E-state index contributed by atoms with van der Waals surface area (Å²) in [7, 11) is 0. The van der Waals surface area contributed by atoms with Gasteiger partial charge >= 0.3 is 0 Å². The van der Waals surface area contributed by atoms with Gasteiger partial charge in [0, 0.05) is 16.9 Å². The molecule has 0 saturated heterocycles. The van der Waals surface area contributed by atoms with E-state index in [1.807, 2.05) is 6.92 Å². The minimum absolute atomic E-state index is 0.107. The molecule has 2 N–H and O–H groups in total. The molecule has 0 aromatic heterocycles. The quantitative estimate of drug-likeness (QED) is 0.901. The van der Waals surface area contributed by atoms with Crippen molar-refractivity contribution < 1.29 is 14.3 Å². The molecule has 6 heteroatoms. The summed E-state index contributed by atoms with van der Waals surface area (Å²) in [6, 6.07) is 10.3. The van der Waals surface area contributed by atoms with Gasteiger partial charge in [-0.1, -0.05) is 17.7 Å². The highest BCUT2D eigenvalue weighted by Gasteiger charge is 2.23. The van der Waals surface area contributed by atoms with E-state index >= 15 is 0 Å². The Hall–Kier alpha value is -2.53. The lowest BCUT2D eigenvalue weighted by atomic mass is 10.0. The van der Waals surface area contributed by atoms with Gasteiger partial charge in [0.2, 0.25) is 5.91 Å². The Balaban J connectivity index is 1.82. The number of carbonyl (C=O) groups is 2. The minimum Gasteiger partial charge on any atom is -0.492 e. The SMILES string of the molecule is CCOc1ccc(NC(=O)c2cccc3c2CC(=O)N3)cc1Cl. The molecule has 2 aromatic rings. The summed E-state index contributed by atoms with van der Waals surface area (Å²) in [4.78, 5) is 24.0. The predicted octanol–water partition coefficient (Wildman–Crippen LogP) is 3.49. The second-order valence-electron chi connectivity index (χ2n) is 5.09. The van der Waals surface area contributed by atoms with Crippen LogP contribution in [0.1, 0.15) is 22.8 Å². The lowest BCUT2D eigenvalue weighted by Crippen LogP contribution is -2.14. The number of hydrogen-bond donors (Lipinski definition) is 2. The summed E-state index contributed by atoms with van der Waals surface area (Å²) >= 11 is 6.12. The fraction of sp³-hybridized carbons (Fsp3) is 0.176. The molecule has 0 fully saturated rings. The van der Waals surface area contributed by atoms with E-state index in [-0.39, 0.29) is 18.2 Å². The minimum atomic E-state index is -0.279. The molecule has 1 heterocycles. The van der Waals surface area contributed by atoms with E-state index in [1.165, 1.54) is 0 Å². The van der Waals surface area contributed by atoms with Crippen molar-refractivity contribution in [1.29, 1.82) is 0 Å². The molecule has 0 radical (unpaired) electrons. The van der Waals surface area contributed by atoms with Crippen LogP contribution in [0.4, 0.5) is 11.4 Å². The third-order valence-corrected chi connectivity index (χ3v) is 3.82. The van der Waals surface area contributed by atoms with Gasteiger partial charge in [-0.15, -0.1) is 0 Å². The molecule has 0 spiro atoms. The van der Waals surface area contributed by atoms with Crippen LogP contribution in [-0.2, 0) is 11.2 Å². The van der Waals surface area contributed by atoms with Crippen molar-refractivity contribution in [3.8, 4) is 5.75 Å². The summed E-state index contributed by atoms with van der Waals surface area (Å²) in [5, 5.41) is 5.96. The largest absolute Gasteiger partial charge is 0.492 e. The lowest BCUT2D eigenvalue weighted by Gasteiger charge is -2.11. The molecule has 1 aliphatic rings. The van der Waals surface area contributed by atoms with E-state index in [4.69, 9.17) is 16.3 Å². The van der Waals surface area contributed by atoms with Crippen LogP contribution in [0.2, 0.25) is 5.02 Å². The van der Waals surface area contributed by atoms with Gasteiger partial charge in [-0.25, -0.2) is 0 Å². The third-order valence-electron chi connectivity index (χ3n) is 3.52. The number of nitrogens with one attached hydrogen (secondary N) is 2. The average Bonchev–Trinajstić information content (AvgIpc) is 2.90. The summed E-state index contributed by atoms with van der Waals surface area (Å²) in [5.74, 6) is 0.186. The van der Waals surface area contributed by atoms with Crippen LogP contribution in [0.3, 0.4) is 0 Å². The normalized spacial score (nSPS) is 12.5. The fourth-order valence-corrected chi connectivity index (χ4v) is 2.75. The maximum atomic E-state index is 12.5. The Bertz CT molecular complexity index is 789. The van der Waals surface area contributed by atoms with Crippen molar-refractivity contribution in [2.75, 3.05) is 17.2 Å². The number of fused-ring (bicyclic) bond motifs is 1. The first-order valence-corrected chi connectivity index (χ1v) is 7.61. The first-order chi connectivity index (χ1) is 11.1. The van der Waals surface area contributed by atoms with Gasteiger partial charge in [-0.05, 0) is 42.8 Å². The van der Waals surface area contributed by atoms with Crippen LogP contribution in [0, 0.1) is 0 Å². The Labute approximate surface area is 138 Å². The number of hydrogen-bond acceptors (Lipinski definition) is 3. The number of amides is 2. The second-order valence-corrected chi connectivity index (χ2v) is 5.50. The molecule has 0 bridgehead atoms. The molecule has 23 heavy (non-hydrogen) atoms. The molecular formula is C17H15ClN2O3. The fourth-order valence-electron chi connectivity index (χ4n) is 2.51. The van der Waals surface area contributed by atoms with Crippen LogP contribution in [-0.4, -0.2) is 18.4 Å². The number of anilines is 2. The number of ether oxygens (including phenoxy) is 1. The Kier molecular flexibility index (Phi) is 4.21. The van der Waals surface area contributed by atoms with E-state index in [9.17, 15) is 9.59 Å². The van der Waals surface area contributed by atoms with Crippen molar-refractivity contribution in [2.45, 2.75) is 13.3 Å². The van der Waals surface area contributed by atoms with Gasteiger partial charge in [0.25, 0.3) is 5.91 Å². The number of halogens is 1. The smallest absolute Gasteiger partial charge is 0.256 e. The topological polar surface area (TPSA) is 67.4 Å². The van der Waals surface area contributed by atoms with E-state index in [2.05, 4.69) is 10.6 Å². The van der Waals surface area contributed by atoms with Crippen LogP contribution in [0.5, 0.6) is 5.75 Å². The number of carbonyl (C=O) groups excluding carboxylic acids is 2. The van der Waals surface area contributed by atoms with Crippen molar-refractivity contribution >= 4 is 34.8 Å². The molecule has 0 saturated carbocycles. The lowest BCUT2D eigenvalue weighted by molar-refractivity contribution is -0.115. The van der Waals surface area contributed by atoms with E-state index in [1.54, 1.807) is 36.4 Å². The Morgan fingerprint density at radius 2 is 2.17 bits per heavy atom. The summed E-state index contributed by atoms with van der Waals surface area (Å²) in [5.41, 5.74) is 2.45. The number of rotatable bonds is 4. The van der Waals surface area contributed by atoms with Crippen LogP contribution in [0.15, 0.2) is 36.4 Å². The average molecular weight is 331 g/mol. The molecular weight excluding hydrogens is 316 g/mol. The number of benzene rings is 2. The maximum Gasteiger partial charge on any atom is 0.256 e. The van der Waals surface area contributed by atoms with E-state index in [0.717, 1.165) is 0 Å². The molecule has 5 nitrogen and oxygen atoms in total. The standard InChI is InChI=1S/C17H15ClN2O3/c1-2-23-15-7-6-10(8-13(15)18)19-17(22)11-4-3-5-14-12(11)9-16(21)20-14/h3-8H,2,9H2,1H3,(H,19,22)(H,20,21). The summed E-state index contributed by atoms with van der Waals surface area (Å²) < 4.78 is 5.36. The highest BCUT2D eigenvalue weighted by molar-refractivity contribution is 6.32. The summed E-state index contributed by atoms with van der Waals surface area (Å²) in [6.45, 7) is 2.39. The van der Waals surface area contributed by atoms with Crippen molar-refractivity contribution in [3.05, 3.63) is 52.5 Å². The second kappa shape index (κ2) is 6.30. The van der Waals surface area contributed by atoms with Gasteiger partial charge in [-0.2, -0.15) is 0 Å². The molecule has 118 valence electrons. The first kappa shape index (κ1) is 15.4. The van der Waals surface area contributed by atoms with Gasteiger partial charge in [0.05, 0.1) is 18.1 Å². The Morgan fingerprint density at radius 1 is 1.35 bits per heavy atom. The molecule has 2 amide bonds. The molecule has 3 rings (SSSR count). The van der Waals surface area contributed by atoms with Gasteiger partial charge in [-0.3, -0.25) is 9.59 Å². The molecule has 0 unspecified atom stereocenters. The van der Waals surface area contributed by atoms with Crippen molar-refractivity contribution in [2.24, 2.45) is 0 Å². The third kappa shape index (κ3) is 3.14. The van der Waals surface area contributed by atoms with Crippen LogP contribution in [0.25, 0.3) is 0 Å². The molecule has 2 aromatic carbocycles. The van der Waals surface area contributed by atoms with Crippen molar-refractivity contribution in [3.63, 3.8) is 0 Å². The van der Waals surface area contributed by atoms with E-state index < -0.39 is 0 Å². The van der Waals surface area contributed by atoms with Gasteiger partial charge < -0.3 is 15.4 Å². The zero-order valence-electron chi connectivity index (χ0n) is 12.5. The highest BCUT2D eigenvalue weighted by atomic mass is 35.5. The van der Waals surface area contributed by atoms with Crippen molar-refractivity contribution in [1.82, 2.24) is 0 Å². The zero-order valence-corrected chi connectivity index (χ0v) is 13.2. The van der Waals surface area contributed by atoms with Crippen LogP contribution < -0.4 is 15.4 Å². The van der Waals surface area contributed by atoms with Gasteiger partial charge in [0.15, 0.2) is 0 Å². The highest BCUT2D eigenvalue weighted by Crippen LogP contribution is 2.29. The summed E-state index contributed by atoms with van der Waals surface area (Å²) in [6.07, 6.45) is 0.211. The first-order valence-electron chi connectivity index (χ1n) is 7.24. The van der Waals surface area contributed by atoms with E-state index in [0.29, 0.717) is 39.9 Å². The van der Waals surface area contributed by atoms with Gasteiger partial charge in [0.1, 0.15) is 5.75 Å².